The number of hydrogen-bond acceptors (Lipinski definition) is 4. The van der Waals surface area contributed by atoms with Crippen LogP contribution in [0.5, 0.6) is 0 Å². The molecule has 0 saturated carbocycles. The van der Waals surface area contributed by atoms with Gasteiger partial charge in [-0.05, 0) is 30.5 Å². The number of aromatic nitrogens is 2. The summed E-state index contributed by atoms with van der Waals surface area (Å²) >= 11 is 4.77. The molecule has 0 unspecified atom stereocenters. The zero-order chi connectivity index (χ0) is 19.5. The summed E-state index contributed by atoms with van der Waals surface area (Å²) in [6.07, 6.45) is 4.41. The van der Waals surface area contributed by atoms with Crippen LogP contribution >= 0.6 is 27.3 Å². The molecule has 2 aromatic heterocycles. The van der Waals surface area contributed by atoms with Crippen molar-refractivity contribution in [2.45, 2.75) is 19.3 Å². The first-order valence-corrected chi connectivity index (χ1v) is 11.2. The van der Waals surface area contributed by atoms with Crippen molar-refractivity contribution in [2.24, 2.45) is 0 Å². The third-order valence-corrected chi connectivity index (χ3v) is 6.35. The van der Waals surface area contributed by atoms with Crippen molar-refractivity contribution in [1.29, 1.82) is 0 Å². The van der Waals surface area contributed by atoms with Gasteiger partial charge in [-0.15, -0.1) is 11.3 Å². The number of halogens is 1. The monoisotopic (exact) mass is 457 g/mol. The molecule has 1 N–H and O–H groups in total. The Kier molecular flexibility index (Phi) is 5.73. The first kappa shape index (κ1) is 19.1. The standard InChI is InChI=1S/C21H20BrN3O2S/c22-11-17(26)9-14-4-3-5-15(8-14)20-24-19(13-28-20)16-10-18(23-12-16)21(27)25-6-1-2-7-25/h3-5,8,10,12-13,23H,1-2,6-7,9,11H2. The second kappa shape index (κ2) is 8.41. The fourth-order valence-corrected chi connectivity index (χ4v) is 4.41. The molecule has 0 aliphatic carbocycles. The number of H-pyrrole nitrogens is 1. The van der Waals surface area contributed by atoms with Crippen LogP contribution in [-0.4, -0.2) is 45.0 Å². The highest BCUT2D eigenvalue weighted by Gasteiger charge is 2.21. The van der Waals surface area contributed by atoms with Crippen LogP contribution in [0.4, 0.5) is 0 Å². The second-order valence-corrected chi connectivity index (χ2v) is 8.31. The summed E-state index contributed by atoms with van der Waals surface area (Å²) in [6.45, 7) is 1.67. The van der Waals surface area contributed by atoms with Gasteiger partial charge in [-0.25, -0.2) is 4.98 Å². The van der Waals surface area contributed by atoms with Crippen LogP contribution in [-0.2, 0) is 11.2 Å². The van der Waals surface area contributed by atoms with Gasteiger partial charge in [0.05, 0.1) is 11.0 Å². The summed E-state index contributed by atoms with van der Waals surface area (Å²) < 4.78 is 0. The van der Waals surface area contributed by atoms with Crippen LogP contribution in [0.3, 0.4) is 0 Å². The molecule has 3 heterocycles. The summed E-state index contributed by atoms with van der Waals surface area (Å²) in [7, 11) is 0. The van der Waals surface area contributed by atoms with Crippen LogP contribution in [0.1, 0.15) is 28.9 Å². The van der Waals surface area contributed by atoms with Crippen molar-refractivity contribution in [1.82, 2.24) is 14.9 Å². The molecule has 0 radical (unpaired) electrons. The van der Waals surface area contributed by atoms with Crippen LogP contribution in [0, 0.1) is 0 Å². The number of ketones is 1. The fraction of sp³-hybridized carbons (Fsp3) is 0.286. The van der Waals surface area contributed by atoms with Gasteiger partial charge in [-0.1, -0.05) is 34.1 Å². The van der Waals surface area contributed by atoms with E-state index in [2.05, 4.69) is 20.9 Å². The number of amides is 1. The Balaban J connectivity index is 1.53. The Labute approximate surface area is 175 Å². The number of benzene rings is 1. The maximum absolute atomic E-state index is 12.5. The quantitative estimate of drug-likeness (QED) is 0.552. The molecule has 5 nitrogen and oxygen atoms in total. The van der Waals surface area contributed by atoms with Crippen LogP contribution in [0.15, 0.2) is 41.9 Å². The van der Waals surface area contributed by atoms with E-state index < -0.39 is 0 Å². The minimum Gasteiger partial charge on any atom is -0.357 e. The zero-order valence-electron chi connectivity index (χ0n) is 15.3. The van der Waals surface area contributed by atoms with E-state index in [9.17, 15) is 9.59 Å². The minimum absolute atomic E-state index is 0.0587. The van der Waals surface area contributed by atoms with E-state index in [1.165, 1.54) is 0 Å². The molecule has 1 saturated heterocycles. The molecule has 0 atom stereocenters. The van der Waals surface area contributed by atoms with Gasteiger partial charge in [0.25, 0.3) is 5.91 Å². The van der Waals surface area contributed by atoms with Crippen LogP contribution in [0.2, 0.25) is 0 Å². The predicted octanol–water partition coefficient (Wildman–Crippen LogP) is 4.55. The Morgan fingerprint density at radius 3 is 2.79 bits per heavy atom. The van der Waals surface area contributed by atoms with Crippen molar-refractivity contribution in [3.8, 4) is 21.8 Å². The number of Topliss-reactive ketones (excluding diaryl/α,β-unsaturated/α-hetero) is 1. The maximum Gasteiger partial charge on any atom is 0.270 e. The molecule has 28 heavy (non-hydrogen) atoms. The van der Waals surface area contributed by atoms with Crippen LogP contribution in [0.25, 0.3) is 21.8 Å². The summed E-state index contributed by atoms with van der Waals surface area (Å²) in [6, 6.07) is 9.81. The van der Waals surface area contributed by atoms with Gasteiger partial charge >= 0.3 is 0 Å². The van der Waals surface area contributed by atoms with E-state index in [-0.39, 0.29) is 11.7 Å². The van der Waals surface area contributed by atoms with E-state index in [0.717, 1.165) is 53.3 Å². The number of nitrogens with one attached hydrogen (secondary N) is 1. The van der Waals surface area contributed by atoms with Crippen molar-refractivity contribution in [3.63, 3.8) is 0 Å². The van der Waals surface area contributed by atoms with E-state index in [4.69, 9.17) is 4.98 Å². The molecule has 1 amide bonds. The number of aromatic amines is 1. The van der Waals surface area contributed by atoms with E-state index in [1.54, 1.807) is 11.3 Å². The van der Waals surface area contributed by atoms with E-state index in [0.29, 0.717) is 17.4 Å². The molecule has 0 spiro atoms. The van der Waals surface area contributed by atoms with Gasteiger partial charge in [-0.2, -0.15) is 0 Å². The topological polar surface area (TPSA) is 66.1 Å². The van der Waals surface area contributed by atoms with Gasteiger partial charge < -0.3 is 9.88 Å². The first-order chi connectivity index (χ1) is 13.6. The molecule has 1 aliphatic rings. The van der Waals surface area contributed by atoms with Crippen LogP contribution < -0.4 is 0 Å². The van der Waals surface area contributed by atoms with Crippen molar-refractivity contribution in [3.05, 3.63) is 53.2 Å². The highest BCUT2D eigenvalue weighted by Crippen LogP contribution is 2.30. The lowest BCUT2D eigenvalue weighted by Gasteiger charge is -2.13. The van der Waals surface area contributed by atoms with Gasteiger partial charge in [0.15, 0.2) is 0 Å². The largest absolute Gasteiger partial charge is 0.357 e. The third kappa shape index (κ3) is 4.10. The summed E-state index contributed by atoms with van der Waals surface area (Å²) in [5, 5.41) is 3.26. The average molecular weight is 458 g/mol. The highest BCUT2D eigenvalue weighted by atomic mass is 79.9. The third-order valence-electron chi connectivity index (χ3n) is 4.83. The van der Waals surface area contributed by atoms with Gasteiger partial charge in [-0.3, -0.25) is 9.59 Å². The van der Waals surface area contributed by atoms with Crippen molar-refractivity contribution >= 4 is 39.0 Å². The molecule has 144 valence electrons. The first-order valence-electron chi connectivity index (χ1n) is 9.24. The lowest BCUT2D eigenvalue weighted by molar-refractivity contribution is -0.115. The van der Waals surface area contributed by atoms with Gasteiger partial charge in [0, 0.05) is 42.2 Å². The van der Waals surface area contributed by atoms with Crippen molar-refractivity contribution < 1.29 is 9.59 Å². The summed E-state index contributed by atoms with van der Waals surface area (Å²) in [5.41, 5.74) is 4.36. The normalized spacial score (nSPS) is 13.8. The molecular weight excluding hydrogens is 438 g/mol. The Morgan fingerprint density at radius 1 is 1.18 bits per heavy atom. The number of nitrogens with zero attached hydrogens (tertiary/aromatic N) is 2. The second-order valence-electron chi connectivity index (χ2n) is 6.89. The fourth-order valence-electron chi connectivity index (χ4n) is 3.38. The Hall–Kier alpha value is -2.25. The number of carbonyl (C=O) groups excluding carboxylic acids is 2. The molecule has 1 aliphatic heterocycles. The number of thiazole rings is 1. The Morgan fingerprint density at radius 2 is 2.00 bits per heavy atom. The van der Waals surface area contributed by atoms with Gasteiger partial charge in [0.1, 0.15) is 16.5 Å². The summed E-state index contributed by atoms with van der Waals surface area (Å²) in [4.78, 5) is 33.9. The lowest BCUT2D eigenvalue weighted by atomic mass is 10.1. The predicted molar refractivity (Wildman–Crippen MR) is 115 cm³/mol. The molecule has 7 heteroatoms. The van der Waals surface area contributed by atoms with Crippen molar-refractivity contribution in [2.75, 3.05) is 18.4 Å². The molecule has 4 rings (SSSR count). The summed E-state index contributed by atoms with van der Waals surface area (Å²) in [5.74, 6) is 0.211. The number of likely N-dealkylation sites (tertiary alicyclic amines) is 1. The number of rotatable bonds is 6. The van der Waals surface area contributed by atoms with E-state index >= 15 is 0 Å². The number of alkyl halides is 1. The SMILES string of the molecule is O=C(CBr)Cc1cccc(-c2nc(-c3c[nH]c(C(=O)N4CCCC4)c3)cs2)c1. The van der Waals surface area contributed by atoms with E-state index in [1.807, 2.05) is 46.8 Å². The average Bonchev–Trinajstić information content (AvgIpc) is 3.48. The Bertz CT molecular complexity index is 1000. The minimum atomic E-state index is 0.0587. The molecule has 1 fully saturated rings. The van der Waals surface area contributed by atoms with Gasteiger partial charge in [0.2, 0.25) is 0 Å². The zero-order valence-corrected chi connectivity index (χ0v) is 17.7. The lowest BCUT2D eigenvalue weighted by Crippen LogP contribution is -2.27. The molecular formula is C21H20BrN3O2S. The molecule has 1 aromatic carbocycles. The number of hydrogen-bond donors (Lipinski definition) is 1. The molecule has 0 bridgehead atoms. The molecule has 3 aromatic rings. The smallest absolute Gasteiger partial charge is 0.270 e. The number of carbonyl (C=O) groups is 2. The maximum atomic E-state index is 12.5. The highest BCUT2D eigenvalue weighted by molar-refractivity contribution is 9.09.